The summed E-state index contributed by atoms with van der Waals surface area (Å²) < 4.78 is 5.23. The van der Waals surface area contributed by atoms with Crippen LogP contribution in [-0.4, -0.2) is 22.6 Å². The van der Waals surface area contributed by atoms with Crippen molar-refractivity contribution >= 4 is 23.5 Å². The molecule has 0 aliphatic carbocycles. The van der Waals surface area contributed by atoms with Crippen molar-refractivity contribution in [1.82, 2.24) is 0 Å². The molecule has 0 fully saturated rings. The zero-order chi connectivity index (χ0) is 14.6. The number of carbonyl (C=O) groups excluding carboxylic acids is 1. The highest BCUT2D eigenvalue weighted by Crippen LogP contribution is 2.21. The van der Waals surface area contributed by atoms with E-state index in [1.807, 2.05) is 0 Å². The summed E-state index contributed by atoms with van der Waals surface area (Å²) >= 11 is 6.03. The lowest BCUT2D eigenvalue weighted by atomic mass is 10.1. The van der Waals surface area contributed by atoms with Crippen LogP contribution >= 0.6 is 11.6 Å². The number of carbonyl (C=O) groups is 2. The van der Waals surface area contributed by atoms with Crippen LogP contribution in [0.5, 0.6) is 0 Å². The minimum absolute atomic E-state index is 0.00546. The van der Waals surface area contributed by atoms with Gasteiger partial charge in [-0.3, -0.25) is 4.79 Å². The number of carboxylic acids is 1. The molecule has 0 saturated heterocycles. The van der Waals surface area contributed by atoms with E-state index in [0.29, 0.717) is 22.6 Å². The van der Waals surface area contributed by atoms with Gasteiger partial charge in [0.25, 0.3) is 0 Å². The molecular weight excluding hydrogens is 268 g/mol. The summed E-state index contributed by atoms with van der Waals surface area (Å²) in [7, 11) is 0. The van der Waals surface area contributed by atoms with Crippen molar-refractivity contribution in [3.63, 3.8) is 0 Å². The first kappa shape index (κ1) is 15.5. The monoisotopic (exact) mass is 284 g/mol. The summed E-state index contributed by atoms with van der Waals surface area (Å²) in [6.45, 7) is 5.36. The summed E-state index contributed by atoms with van der Waals surface area (Å²) in [5.41, 5.74) is 0.501. The first-order valence-corrected chi connectivity index (χ1v) is 6.30. The summed E-state index contributed by atoms with van der Waals surface area (Å²) in [5.74, 6) is -1.33. The number of aryl methyl sites for hydroxylation is 1. The van der Waals surface area contributed by atoms with Crippen LogP contribution < -0.4 is 0 Å². The van der Waals surface area contributed by atoms with Crippen LogP contribution in [-0.2, 0) is 16.0 Å². The van der Waals surface area contributed by atoms with Gasteiger partial charge >= 0.3 is 11.9 Å². The van der Waals surface area contributed by atoms with Crippen LogP contribution in [0.15, 0.2) is 18.2 Å². The Morgan fingerprint density at radius 1 is 1.32 bits per heavy atom. The van der Waals surface area contributed by atoms with Crippen LogP contribution in [0.25, 0.3) is 0 Å². The smallest absolute Gasteiger partial charge is 0.338 e. The predicted octanol–water partition coefficient (Wildman–Crippen LogP) is 3.31. The Kier molecular flexibility index (Phi) is 4.95. The highest BCUT2D eigenvalue weighted by molar-refractivity contribution is 6.31. The zero-order valence-electron chi connectivity index (χ0n) is 11.2. The second-order valence-corrected chi connectivity index (χ2v) is 5.61. The molecule has 1 N–H and O–H groups in total. The molecular formula is C14H17ClO4. The third kappa shape index (κ3) is 5.30. The van der Waals surface area contributed by atoms with Crippen molar-refractivity contribution in [1.29, 1.82) is 0 Å². The maximum atomic E-state index is 11.8. The highest BCUT2D eigenvalue weighted by atomic mass is 35.5. The van der Waals surface area contributed by atoms with Crippen molar-refractivity contribution in [2.24, 2.45) is 0 Å². The van der Waals surface area contributed by atoms with Gasteiger partial charge in [-0.25, -0.2) is 4.79 Å². The minimum atomic E-state index is -0.882. The quantitative estimate of drug-likeness (QED) is 0.862. The van der Waals surface area contributed by atoms with E-state index in [9.17, 15) is 9.59 Å². The molecule has 5 heteroatoms. The molecule has 0 aliphatic rings. The average Bonchev–Trinajstić information content (AvgIpc) is 2.24. The summed E-state index contributed by atoms with van der Waals surface area (Å²) in [6, 6.07) is 4.76. The molecule has 0 saturated carbocycles. The van der Waals surface area contributed by atoms with Gasteiger partial charge in [0.15, 0.2) is 0 Å². The van der Waals surface area contributed by atoms with Crippen molar-refractivity contribution in [2.75, 3.05) is 0 Å². The Hall–Kier alpha value is -1.55. The molecule has 1 rings (SSSR count). The van der Waals surface area contributed by atoms with Crippen LogP contribution in [0, 0.1) is 0 Å². The fourth-order valence-electron chi connectivity index (χ4n) is 1.46. The van der Waals surface area contributed by atoms with Crippen molar-refractivity contribution < 1.29 is 19.4 Å². The fourth-order valence-corrected chi connectivity index (χ4v) is 1.73. The normalized spacial score (nSPS) is 11.2. The lowest BCUT2D eigenvalue weighted by Crippen LogP contribution is -2.23. The molecule has 0 radical (unpaired) electrons. The maximum Gasteiger partial charge on any atom is 0.338 e. The number of benzene rings is 1. The molecule has 1 aromatic rings. The van der Waals surface area contributed by atoms with Gasteiger partial charge in [0.1, 0.15) is 5.60 Å². The van der Waals surface area contributed by atoms with Gasteiger partial charge < -0.3 is 9.84 Å². The molecule has 0 aliphatic heterocycles. The Labute approximate surface area is 117 Å². The summed E-state index contributed by atoms with van der Waals surface area (Å²) in [6.07, 6.45) is 0.342. The van der Waals surface area contributed by atoms with Gasteiger partial charge in [0.2, 0.25) is 0 Å². The first-order chi connectivity index (χ1) is 8.69. The predicted molar refractivity (Wildman–Crippen MR) is 72.6 cm³/mol. The Morgan fingerprint density at radius 3 is 2.42 bits per heavy atom. The van der Waals surface area contributed by atoms with Gasteiger partial charge in [-0.05, 0) is 44.9 Å². The molecule has 1 aromatic carbocycles. The van der Waals surface area contributed by atoms with E-state index >= 15 is 0 Å². The number of ether oxygens (including phenoxy) is 1. The number of hydrogen-bond donors (Lipinski definition) is 1. The maximum absolute atomic E-state index is 11.8. The molecule has 19 heavy (non-hydrogen) atoms. The van der Waals surface area contributed by atoms with E-state index in [4.69, 9.17) is 21.4 Å². The number of carboxylic acid groups (broad SMARTS) is 1. The zero-order valence-corrected chi connectivity index (χ0v) is 12.0. The highest BCUT2D eigenvalue weighted by Gasteiger charge is 2.18. The number of halogens is 1. The molecule has 0 amide bonds. The van der Waals surface area contributed by atoms with Gasteiger partial charge in [0.05, 0.1) is 5.56 Å². The molecule has 0 heterocycles. The number of esters is 1. The molecule has 0 bridgehead atoms. The van der Waals surface area contributed by atoms with E-state index in [2.05, 4.69) is 0 Å². The van der Waals surface area contributed by atoms with Crippen molar-refractivity contribution in [3.8, 4) is 0 Å². The first-order valence-electron chi connectivity index (χ1n) is 5.92. The number of hydrogen-bond acceptors (Lipinski definition) is 3. The SMILES string of the molecule is CC(C)(C)OC(=O)c1ccc(CCC(=O)O)c(Cl)c1. The Balaban J connectivity index is 2.81. The molecule has 4 nitrogen and oxygen atoms in total. The largest absolute Gasteiger partial charge is 0.481 e. The van der Waals surface area contributed by atoms with E-state index in [1.54, 1.807) is 32.9 Å². The standard InChI is InChI=1S/C14H17ClO4/c1-14(2,3)19-13(18)10-5-4-9(11(15)8-10)6-7-12(16)17/h4-5,8H,6-7H2,1-3H3,(H,16,17). The van der Waals surface area contributed by atoms with Crippen LogP contribution in [0.1, 0.15) is 43.1 Å². The van der Waals surface area contributed by atoms with Crippen molar-refractivity contribution in [2.45, 2.75) is 39.2 Å². The van der Waals surface area contributed by atoms with Crippen LogP contribution in [0.3, 0.4) is 0 Å². The third-order valence-corrected chi connectivity index (χ3v) is 2.65. The number of rotatable bonds is 4. The second kappa shape index (κ2) is 6.06. The van der Waals surface area contributed by atoms with Gasteiger partial charge in [-0.2, -0.15) is 0 Å². The molecule has 0 spiro atoms. The lowest BCUT2D eigenvalue weighted by Gasteiger charge is -2.19. The Morgan fingerprint density at radius 2 is 1.95 bits per heavy atom. The Bertz CT molecular complexity index is 489. The fraction of sp³-hybridized carbons (Fsp3) is 0.429. The van der Waals surface area contributed by atoms with Gasteiger partial charge in [-0.15, -0.1) is 0 Å². The van der Waals surface area contributed by atoms with Crippen LogP contribution in [0.4, 0.5) is 0 Å². The van der Waals surface area contributed by atoms with E-state index in [-0.39, 0.29) is 6.42 Å². The van der Waals surface area contributed by atoms with Gasteiger partial charge in [0, 0.05) is 11.4 Å². The third-order valence-electron chi connectivity index (χ3n) is 2.30. The molecule has 0 atom stereocenters. The second-order valence-electron chi connectivity index (χ2n) is 5.20. The average molecular weight is 285 g/mol. The molecule has 104 valence electrons. The van der Waals surface area contributed by atoms with Crippen molar-refractivity contribution in [3.05, 3.63) is 34.3 Å². The van der Waals surface area contributed by atoms with E-state index < -0.39 is 17.5 Å². The minimum Gasteiger partial charge on any atom is -0.481 e. The van der Waals surface area contributed by atoms with E-state index in [0.717, 1.165) is 0 Å². The molecule has 0 unspecified atom stereocenters. The van der Waals surface area contributed by atoms with Crippen LogP contribution in [0.2, 0.25) is 5.02 Å². The lowest BCUT2D eigenvalue weighted by molar-refractivity contribution is -0.136. The molecule has 0 aromatic heterocycles. The number of aliphatic carboxylic acids is 1. The summed E-state index contributed by atoms with van der Waals surface area (Å²) in [5, 5.41) is 9.00. The topological polar surface area (TPSA) is 63.6 Å². The van der Waals surface area contributed by atoms with Gasteiger partial charge in [-0.1, -0.05) is 17.7 Å². The van der Waals surface area contributed by atoms with E-state index in [1.165, 1.54) is 6.07 Å². The summed E-state index contributed by atoms with van der Waals surface area (Å²) in [4.78, 5) is 22.3.